The smallest absolute Gasteiger partial charge is 0.328 e. The number of rotatable bonds is 6. The first-order chi connectivity index (χ1) is 17.0. The number of piperazine rings is 1. The van der Waals surface area contributed by atoms with Crippen LogP contribution in [0.25, 0.3) is 0 Å². The summed E-state index contributed by atoms with van der Waals surface area (Å²) >= 11 is 0. The highest BCUT2D eigenvalue weighted by atomic mass is 16.5. The van der Waals surface area contributed by atoms with Gasteiger partial charge in [-0.1, -0.05) is 0 Å². The van der Waals surface area contributed by atoms with Crippen molar-refractivity contribution in [1.29, 1.82) is 0 Å². The number of imide groups is 1. The van der Waals surface area contributed by atoms with Crippen molar-refractivity contribution in [2.24, 2.45) is 11.3 Å². The third-order valence-electron chi connectivity index (χ3n) is 8.39. The molecular weight excluding hydrogens is 446 g/mol. The van der Waals surface area contributed by atoms with Crippen molar-refractivity contribution in [1.82, 2.24) is 20.4 Å². The van der Waals surface area contributed by atoms with E-state index in [0.717, 1.165) is 44.9 Å². The lowest BCUT2D eigenvalue weighted by molar-refractivity contribution is -0.120. The Labute approximate surface area is 207 Å². The average Bonchev–Trinajstić information content (AvgIpc) is 2.86. The van der Waals surface area contributed by atoms with Crippen LogP contribution in [0.15, 0.2) is 18.2 Å². The van der Waals surface area contributed by atoms with Gasteiger partial charge in [0, 0.05) is 57.8 Å². The van der Waals surface area contributed by atoms with E-state index in [1.807, 2.05) is 4.90 Å². The molecule has 3 aliphatic heterocycles. The molecule has 3 heterocycles. The minimum Gasteiger partial charge on any atom is -0.495 e. The molecule has 9 nitrogen and oxygen atoms in total. The maximum absolute atomic E-state index is 13.3. The molecule has 0 radical (unpaired) electrons. The van der Waals surface area contributed by atoms with Gasteiger partial charge < -0.3 is 19.9 Å². The highest BCUT2D eigenvalue weighted by Gasteiger charge is 2.46. The second-order valence-electron chi connectivity index (χ2n) is 10.6. The molecule has 9 heteroatoms. The number of likely N-dealkylation sites (tertiary alicyclic amines) is 1. The number of carbonyl (C=O) groups excluding carboxylic acids is 3. The first kappa shape index (κ1) is 24.1. The van der Waals surface area contributed by atoms with Crippen molar-refractivity contribution in [3.05, 3.63) is 23.8 Å². The molecule has 190 valence electrons. The fourth-order valence-corrected chi connectivity index (χ4v) is 6.27. The molecular formula is C26H37N5O4. The number of urea groups is 1. The Balaban J connectivity index is 1.15. The van der Waals surface area contributed by atoms with Crippen LogP contribution < -0.4 is 20.3 Å². The van der Waals surface area contributed by atoms with E-state index in [2.05, 4.69) is 15.5 Å². The molecule has 4 fully saturated rings. The minimum absolute atomic E-state index is 0.00757. The summed E-state index contributed by atoms with van der Waals surface area (Å²) in [6.45, 7) is 7.60. The third kappa shape index (κ3) is 5.16. The number of anilines is 1. The molecule has 3 saturated heterocycles. The number of hydrogen-bond acceptors (Lipinski definition) is 6. The number of piperidine rings is 1. The highest BCUT2D eigenvalue weighted by Crippen LogP contribution is 2.53. The van der Waals surface area contributed by atoms with Crippen molar-refractivity contribution >= 4 is 23.5 Å². The predicted octanol–water partition coefficient (Wildman–Crippen LogP) is 2.07. The molecule has 0 atom stereocenters. The zero-order valence-electron chi connectivity index (χ0n) is 20.7. The maximum atomic E-state index is 13.3. The topological polar surface area (TPSA) is 94.2 Å². The molecule has 1 aromatic carbocycles. The van der Waals surface area contributed by atoms with Crippen molar-refractivity contribution in [3.63, 3.8) is 0 Å². The monoisotopic (exact) mass is 483 g/mol. The molecule has 2 N–H and O–H groups in total. The van der Waals surface area contributed by atoms with Crippen LogP contribution in [-0.4, -0.2) is 87.1 Å². The third-order valence-corrected chi connectivity index (χ3v) is 8.39. The summed E-state index contributed by atoms with van der Waals surface area (Å²) in [5, 5.41) is 5.75. The summed E-state index contributed by atoms with van der Waals surface area (Å²) in [7, 11) is 1.53. The second-order valence-corrected chi connectivity index (χ2v) is 10.6. The number of nitrogens with zero attached hydrogens (tertiary/aromatic N) is 3. The van der Waals surface area contributed by atoms with Gasteiger partial charge in [0.05, 0.1) is 12.8 Å². The van der Waals surface area contributed by atoms with Crippen LogP contribution in [0.3, 0.4) is 0 Å². The predicted molar refractivity (Wildman–Crippen MR) is 133 cm³/mol. The molecule has 0 unspecified atom stereocenters. The minimum atomic E-state index is -0.486. The maximum Gasteiger partial charge on any atom is 0.328 e. The second kappa shape index (κ2) is 10.1. The van der Waals surface area contributed by atoms with E-state index in [0.29, 0.717) is 22.4 Å². The molecule has 1 aliphatic carbocycles. The Morgan fingerprint density at radius 2 is 1.83 bits per heavy atom. The number of hydrogen-bond donors (Lipinski definition) is 2. The van der Waals surface area contributed by atoms with Crippen molar-refractivity contribution in [3.8, 4) is 5.75 Å². The van der Waals surface area contributed by atoms with Gasteiger partial charge in [0.25, 0.3) is 5.91 Å². The summed E-state index contributed by atoms with van der Waals surface area (Å²) in [6, 6.07) is 4.72. The molecule has 4 aliphatic rings. The Bertz CT molecular complexity index is 960. The number of carbonyl (C=O) groups is 3. The van der Waals surface area contributed by atoms with Crippen LogP contribution in [0.2, 0.25) is 0 Å². The van der Waals surface area contributed by atoms with Gasteiger partial charge in [0.1, 0.15) is 5.75 Å². The van der Waals surface area contributed by atoms with Gasteiger partial charge in [-0.2, -0.15) is 0 Å². The first-order valence-corrected chi connectivity index (χ1v) is 13.0. The zero-order chi connectivity index (χ0) is 24.4. The summed E-state index contributed by atoms with van der Waals surface area (Å²) in [6.07, 6.45) is 6.27. The Kier molecular flexibility index (Phi) is 6.98. The normalized spacial score (nSPS) is 23.2. The lowest BCUT2D eigenvalue weighted by Gasteiger charge is -2.53. The van der Waals surface area contributed by atoms with Crippen molar-refractivity contribution in [2.75, 3.05) is 64.4 Å². The summed E-state index contributed by atoms with van der Waals surface area (Å²) in [4.78, 5) is 43.2. The molecule has 4 amide bonds. The largest absolute Gasteiger partial charge is 0.495 e. The first-order valence-electron chi connectivity index (χ1n) is 13.0. The van der Waals surface area contributed by atoms with Crippen LogP contribution in [0, 0.1) is 11.3 Å². The van der Waals surface area contributed by atoms with Gasteiger partial charge in [-0.3, -0.25) is 19.8 Å². The van der Waals surface area contributed by atoms with Gasteiger partial charge in [-0.25, -0.2) is 4.79 Å². The van der Waals surface area contributed by atoms with E-state index in [-0.39, 0.29) is 24.8 Å². The zero-order valence-corrected chi connectivity index (χ0v) is 20.7. The van der Waals surface area contributed by atoms with Gasteiger partial charge >= 0.3 is 6.03 Å². The van der Waals surface area contributed by atoms with E-state index in [1.165, 1.54) is 50.9 Å². The Morgan fingerprint density at radius 3 is 2.51 bits per heavy atom. The lowest BCUT2D eigenvalue weighted by Crippen LogP contribution is -2.50. The van der Waals surface area contributed by atoms with Crippen LogP contribution >= 0.6 is 0 Å². The summed E-state index contributed by atoms with van der Waals surface area (Å²) in [5.74, 6) is 1.04. The van der Waals surface area contributed by atoms with Gasteiger partial charge in [0.2, 0.25) is 5.91 Å². The van der Waals surface area contributed by atoms with Gasteiger partial charge in [-0.05, 0) is 68.2 Å². The molecule has 35 heavy (non-hydrogen) atoms. The fourth-order valence-electron chi connectivity index (χ4n) is 6.27. The van der Waals surface area contributed by atoms with E-state index in [4.69, 9.17) is 4.74 Å². The lowest BCUT2D eigenvalue weighted by atomic mass is 9.57. The Morgan fingerprint density at radius 1 is 1.09 bits per heavy atom. The van der Waals surface area contributed by atoms with Crippen LogP contribution in [-0.2, 0) is 4.79 Å². The van der Waals surface area contributed by atoms with Crippen molar-refractivity contribution in [2.45, 2.75) is 38.5 Å². The molecule has 5 rings (SSSR count). The summed E-state index contributed by atoms with van der Waals surface area (Å²) < 4.78 is 5.43. The SMILES string of the molecule is COc1ccc(C(=O)N2CCC3(CC2)CC(CCN2CCNCC2)C3)cc1N1CCC(=O)NC1=O. The van der Waals surface area contributed by atoms with E-state index in [1.54, 1.807) is 18.2 Å². The average molecular weight is 484 g/mol. The number of amides is 4. The fraction of sp³-hybridized carbons (Fsp3) is 0.654. The van der Waals surface area contributed by atoms with Crippen LogP contribution in [0.1, 0.15) is 48.9 Å². The van der Waals surface area contributed by atoms with Gasteiger partial charge in [0.15, 0.2) is 0 Å². The van der Waals surface area contributed by atoms with Gasteiger partial charge in [-0.15, -0.1) is 0 Å². The van der Waals surface area contributed by atoms with Crippen LogP contribution in [0.5, 0.6) is 5.75 Å². The number of benzene rings is 1. The van der Waals surface area contributed by atoms with E-state index >= 15 is 0 Å². The molecule has 1 aromatic rings. The molecule has 0 aromatic heterocycles. The highest BCUT2D eigenvalue weighted by molar-refractivity contribution is 6.07. The molecule has 1 saturated carbocycles. The van der Waals surface area contributed by atoms with E-state index in [9.17, 15) is 14.4 Å². The summed E-state index contributed by atoms with van der Waals surface area (Å²) in [5.41, 5.74) is 1.49. The molecule has 1 spiro atoms. The quantitative estimate of drug-likeness (QED) is 0.644. The number of ether oxygens (including phenoxy) is 1. The van der Waals surface area contributed by atoms with Crippen LogP contribution in [0.4, 0.5) is 10.5 Å². The van der Waals surface area contributed by atoms with E-state index < -0.39 is 6.03 Å². The standard InChI is InChI=1S/C26H37N5O4/c1-35-22-3-2-20(16-21(22)31-11-5-23(32)28-25(31)34)24(33)30-12-6-26(7-13-30)17-19(18-26)4-10-29-14-8-27-9-15-29/h2-3,16,19,27H,4-15,17-18H2,1H3,(H,28,32,34). The number of methoxy groups -OCH3 is 1. The molecule has 0 bridgehead atoms. The number of nitrogens with one attached hydrogen (secondary N) is 2. The Hall–Kier alpha value is -2.65. The van der Waals surface area contributed by atoms with Crippen molar-refractivity contribution < 1.29 is 19.1 Å².